The number of benzene rings is 2. The fraction of sp³-hybridized carbons (Fsp3) is 0. The van der Waals surface area contributed by atoms with Gasteiger partial charge in [-0.3, -0.25) is 4.79 Å². The van der Waals surface area contributed by atoms with Crippen molar-refractivity contribution >= 4 is 46.0 Å². The molecule has 0 spiro atoms. The Hall–Kier alpha value is -3.15. The maximum absolute atomic E-state index is 13.2. The highest BCUT2D eigenvalue weighted by atomic mass is 35.5. The van der Waals surface area contributed by atoms with Gasteiger partial charge < -0.3 is 9.67 Å². The van der Waals surface area contributed by atoms with Crippen molar-refractivity contribution in [3.63, 3.8) is 0 Å². The third-order valence-corrected chi connectivity index (χ3v) is 5.02. The number of hydrogen-bond donors (Lipinski definition) is 1. The molecule has 0 aliphatic heterocycles. The third-order valence-electron chi connectivity index (χ3n) is 4.39. The molecule has 7 heteroatoms. The minimum Gasteiger partial charge on any atom is -0.478 e. The number of pyridine rings is 1. The summed E-state index contributed by atoms with van der Waals surface area (Å²) in [6, 6.07) is 14.8. The lowest BCUT2D eigenvalue weighted by atomic mass is 10.0. The van der Waals surface area contributed by atoms with Gasteiger partial charge in [-0.05, 0) is 48.5 Å². The molecule has 138 valence electrons. The maximum atomic E-state index is 13.2. The number of aromatic nitrogens is 2. The van der Waals surface area contributed by atoms with Crippen molar-refractivity contribution in [2.45, 2.75) is 0 Å². The fourth-order valence-corrected chi connectivity index (χ4v) is 3.62. The monoisotopic (exact) mass is 410 g/mol. The summed E-state index contributed by atoms with van der Waals surface area (Å²) in [4.78, 5) is 28.7. The van der Waals surface area contributed by atoms with Crippen LogP contribution in [0.1, 0.15) is 26.3 Å². The lowest BCUT2D eigenvalue weighted by Crippen LogP contribution is -2.03. The zero-order chi connectivity index (χ0) is 19.8. The molecular weight excluding hydrogens is 399 g/mol. The summed E-state index contributed by atoms with van der Waals surface area (Å²) in [6.45, 7) is 0. The Morgan fingerprint density at radius 3 is 2.25 bits per heavy atom. The first-order valence-corrected chi connectivity index (χ1v) is 9.01. The average Bonchev–Trinajstić information content (AvgIpc) is 3.07. The van der Waals surface area contributed by atoms with Crippen LogP contribution in [0.3, 0.4) is 0 Å². The first-order valence-electron chi connectivity index (χ1n) is 8.26. The molecule has 28 heavy (non-hydrogen) atoms. The van der Waals surface area contributed by atoms with Crippen molar-refractivity contribution in [2.75, 3.05) is 0 Å². The summed E-state index contributed by atoms with van der Waals surface area (Å²) in [5, 5.41) is 10.3. The Morgan fingerprint density at radius 2 is 1.61 bits per heavy atom. The Bertz CT molecular complexity index is 1210. The minimum absolute atomic E-state index is 0.173. The topological polar surface area (TPSA) is 72.2 Å². The quantitative estimate of drug-likeness (QED) is 0.465. The molecule has 0 saturated carbocycles. The van der Waals surface area contributed by atoms with Crippen LogP contribution in [0.4, 0.5) is 0 Å². The van der Waals surface area contributed by atoms with Gasteiger partial charge in [-0.25, -0.2) is 9.78 Å². The van der Waals surface area contributed by atoms with E-state index in [9.17, 15) is 9.59 Å². The Morgan fingerprint density at radius 1 is 0.929 bits per heavy atom. The molecule has 2 aromatic carbocycles. The summed E-state index contributed by atoms with van der Waals surface area (Å²) in [5.41, 5.74) is 2.05. The molecule has 0 aliphatic carbocycles. The van der Waals surface area contributed by atoms with Crippen LogP contribution in [0, 0.1) is 0 Å². The number of carboxylic acids is 1. The molecule has 0 amide bonds. The Balaban J connectivity index is 1.90. The summed E-state index contributed by atoms with van der Waals surface area (Å²) < 4.78 is 1.74. The van der Waals surface area contributed by atoms with E-state index in [0.29, 0.717) is 22.3 Å². The number of halogens is 2. The molecule has 1 N–H and O–H groups in total. The number of hydrogen-bond acceptors (Lipinski definition) is 3. The summed E-state index contributed by atoms with van der Waals surface area (Å²) in [7, 11) is 0. The van der Waals surface area contributed by atoms with E-state index in [1.165, 1.54) is 12.1 Å². The van der Waals surface area contributed by atoms with Gasteiger partial charge in [-0.1, -0.05) is 29.3 Å². The molecule has 0 atom stereocenters. The normalized spacial score (nSPS) is 10.9. The van der Waals surface area contributed by atoms with Crippen molar-refractivity contribution in [3.05, 3.63) is 93.7 Å². The van der Waals surface area contributed by atoms with E-state index in [2.05, 4.69) is 4.98 Å². The van der Waals surface area contributed by atoms with Gasteiger partial charge in [-0.15, -0.1) is 0 Å². The number of carbonyl (C=O) groups is 2. The number of carboxylic acid groups (broad SMARTS) is 1. The number of rotatable bonds is 4. The lowest BCUT2D eigenvalue weighted by molar-refractivity contribution is 0.0696. The van der Waals surface area contributed by atoms with Crippen LogP contribution in [0.25, 0.3) is 16.7 Å². The summed E-state index contributed by atoms with van der Waals surface area (Å²) in [6.07, 6.45) is 3.29. The molecule has 4 aromatic rings. The number of fused-ring (bicyclic) bond motifs is 1. The number of nitrogens with zero attached hydrogens (tertiary/aromatic N) is 2. The van der Waals surface area contributed by atoms with Crippen molar-refractivity contribution in [1.82, 2.24) is 9.55 Å². The first kappa shape index (κ1) is 18.2. The standard InChI is InChI=1S/C21H12Cl2N2O3/c22-16-4-1-5-17(23)18(16)19(26)15-11-25(20-14(15)3-2-10-24-20)13-8-6-12(7-9-13)21(27)28/h1-11H,(H,27,28). The Labute approximate surface area is 169 Å². The first-order chi connectivity index (χ1) is 13.5. The van der Waals surface area contributed by atoms with Crippen LogP contribution in [0.5, 0.6) is 0 Å². The highest BCUT2D eigenvalue weighted by Gasteiger charge is 2.22. The molecule has 2 heterocycles. The van der Waals surface area contributed by atoms with Gasteiger partial charge in [-0.2, -0.15) is 0 Å². The molecule has 0 radical (unpaired) electrons. The van der Waals surface area contributed by atoms with Crippen molar-refractivity contribution in [1.29, 1.82) is 0 Å². The zero-order valence-electron chi connectivity index (χ0n) is 14.3. The largest absolute Gasteiger partial charge is 0.478 e. The summed E-state index contributed by atoms with van der Waals surface area (Å²) in [5.74, 6) is -1.32. The predicted octanol–water partition coefficient (Wildman–Crippen LogP) is 5.26. The smallest absolute Gasteiger partial charge is 0.335 e. The average molecular weight is 411 g/mol. The number of carbonyl (C=O) groups excluding carboxylic acids is 1. The van der Waals surface area contributed by atoms with Gasteiger partial charge in [0.15, 0.2) is 5.78 Å². The third kappa shape index (κ3) is 3.05. The van der Waals surface area contributed by atoms with Crippen LogP contribution in [-0.2, 0) is 0 Å². The second-order valence-electron chi connectivity index (χ2n) is 6.07. The van der Waals surface area contributed by atoms with Gasteiger partial charge >= 0.3 is 5.97 Å². The van der Waals surface area contributed by atoms with Crippen LogP contribution in [0.15, 0.2) is 67.0 Å². The maximum Gasteiger partial charge on any atom is 0.335 e. The van der Waals surface area contributed by atoms with E-state index in [1.54, 1.807) is 59.4 Å². The van der Waals surface area contributed by atoms with E-state index in [1.807, 2.05) is 0 Å². The van der Waals surface area contributed by atoms with Gasteiger partial charge in [0.05, 0.1) is 26.7 Å². The SMILES string of the molecule is O=C(O)c1ccc(-n2cc(C(=O)c3c(Cl)cccc3Cl)c3cccnc32)cc1. The van der Waals surface area contributed by atoms with Crippen LogP contribution in [0.2, 0.25) is 10.0 Å². The van der Waals surface area contributed by atoms with Crippen LogP contribution < -0.4 is 0 Å². The second-order valence-corrected chi connectivity index (χ2v) is 6.88. The van der Waals surface area contributed by atoms with Crippen LogP contribution >= 0.6 is 23.2 Å². The lowest BCUT2D eigenvalue weighted by Gasteiger charge is -2.05. The van der Waals surface area contributed by atoms with E-state index in [4.69, 9.17) is 28.3 Å². The molecule has 0 fully saturated rings. The molecule has 0 bridgehead atoms. The molecule has 0 unspecified atom stereocenters. The van der Waals surface area contributed by atoms with Crippen molar-refractivity contribution < 1.29 is 14.7 Å². The van der Waals surface area contributed by atoms with Gasteiger partial charge in [0, 0.05) is 23.5 Å². The number of aromatic carboxylic acids is 1. The van der Waals surface area contributed by atoms with Crippen molar-refractivity contribution in [2.24, 2.45) is 0 Å². The van der Waals surface area contributed by atoms with E-state index < -0.39 is 5.97 Å². The van der Waals surface area contributed by atoms with Gasteiger partial charge in [0.25, 0.3) is 0 Å². The van der Waals surface area contributed by atoms with Crippen molar-refractivity contribution in [3.8, 4) is 5.69 Å². The van der Waals surface area contributed by atoms with Gasteiger partial charge in [0.2, 0.25) is 0 Å². The molecule has 5 nitrogen and oxygen atoms in total. The summed E-state index contributed by atoms with van der Waals surface area (Å²) >= 11 is 12.4. The van der Waals surface area contributed by atoms with E-state index >= 15 is 0 Å². The minimum atomic E-state index is -1.01. The predicted molar refractivity (Wildman–Crippen MR) is 108 cm³/mol. The molecule has 0 saturated heterocycles. The van der Waals surface area contributed by atoms with Gasteiger partial charge in [0.1, 0.15) is 5.65 Å². The second kappa shape index (κ2) is 7.11. The molecule has 0 aliphatic rings. The number of ketones is 1. The van der Waals surface area contributed by atoms with Crippen LogP contribution in [-0.4, -0.2) is 26.4 Å². The molecular formula is C21H12Cl2N2O3. The van der Waals surface area contributed by atoms with E-state index in [-0.39, 0.29) is 27.0 Å². The molecule has 2 aromatic heterocycles. The Kier molecular flexibility index (Phi) is 4.63. The van der Waals surface area contributed by atoms with E-state index in [0.717, 1.165) is 0 Å². The fourth-order valence-electron chi connectivity index (χ4n) is 3.05. The zero-order valence-corrected chi connectivity index (χ0v) is 15.8. The highest BCUT2D eigenvalue weighted by Crippen LogP contribution is 2.31. The molecule has 4 rings (SSSR count). The highest BCUT2D eigenvalue weighted by molar-refractivity contribution is 6.41.